The van der Waals surface area contributed by atoms with E-state index in [1.807, 2.05) is 0 Å². The van der Waals surface area contributed by atoms with Crippen LogP contribution in [-0.2, 0) is 6.54 Å². The maximum absolute atomic E-state index is 13.1. The van der Waals surface area contributed by atoms with E-state index >= 15 is 0 Å². The number of amides is 1. The number of nitrogens with zero attached hydrogens (tertiary/aromatic N) is 2. The molecule has 1 N–H and O–H groups in total. The zero-order valence-corrected chi connectivity index (χ0v) is 14.3. The van der Waals surface area contributed by atoms with Crippen LogP contribution in [0, 0.1) is 0 Å². The van der Waals surface area contributed by atoms with Gasteiger partial charge in [-0.1, -0.05) is 18.2 Å². The fourth-order valence-electron chi connectivity index (χ4n) is 2.29. The molecule has 1 aromatic heterocycles. The summed E-state index contributed by atoms with van der Waals surface area (Å²) in [5.41, 5.74) is 0.821. The Hall–Kier alpha value is -2.74. The van der Waals surface area contributed by atoms with E-state index in [1.165, 1.54) is 10.0 Å². The number of aromatic nitrogens is 2. The van der Waals surface area contributed by atoms with Crippen LogP contribution in [0.5, 0.6) is 5.75 Å². The average molecular weight is 361 g/mol. The molecule has 1 heterocycles. The van der Waals surface area contributed by atoms with Gasteiger partial charge in [0.2, 0.25) is 5.13 Å². The molecule has 0 aliphatic heterocycles. The molecule has 0 bridgehead atoms. The highest BCUT2D eigenvalue weighted by Crippen LogP contribution is 2.18. The molecule has 25 heavy (non-hydrogen) atoms. The van der Waals surface area contributed by atoms with Crippen LogP contribution in [0.3, 0.4) is 0 Å². The SMILES string of the molecule is COc1ccc(C(=O)Nc2nc(=O)n(CC3=CCC(F)C=C3)s2)cc1. The molecule has 1 aliphatic rings. The van der Waals surface area contributed by atoms with Crippen LogP contribution in [0.1, 0.15) is 16.8 Å². The van der Waals surface area contributed by atoms with Crippen LogP contribution in [0.15, 0.2) is 52.9 Å². The number of ether oxygens (including phenoxy) is 1. The van der Waals surface area contributed by atoms with Gasteiger partial charge in [0.15, 0.2) is 0 Å². The number of alkyl halides is 1. The molecule has 3 rings (SSSR count). The molecule has 130 valence electrons. The van der Waals surface area contributed by atoms with Gasteiger partial charge in [-0.3, -0.25) is 10.1 Å². The number of benzene rings is 1. The van der Waals surface area contributed by atoms with Crippen molar-refractivity contribution < 1.29 is 13.9 Å². The van der Waals surface area contributed by atoms with Gasteiger partial charge in [-0.05, 0) is 41.4 Å². The summed E-state index contributed by atoms with van der Waals surface area (Å²) in [7, 11) is 1.55. The van der Waals surface area contributed by atoms with Crippen molar-refractivity contribution in [2.24, 2.45) is 0 Å². The van der Waals surface area contributed by atoms with E-state index in [1.54, 1.807) is 43.5 Å². The van der Waals surface area contributed by atoms with E-state index < -0.39 is 11.9 Å². The summed E-state index contributed by atoms with van der Waals surface area (Å²) < 4.78 is 19.5. The summed E-state index contributed by atoms with van der Waals surface area (Å²) in [5, 5.41) is 2.83. The van der Waals surface area contributed by atoms with Gasteiger partial charge in [-0.25, -0.2) is 13.1 Å². The van der Waals surface area contributed by atoms with Crippen molar-refractivity contribution >= 4 is 22.6 Å². The first kappa shape index (κ1) is 17.1. The van der Waals surface area contributed by atoms with E-state index in [9.17, 15) is 14.0 Å². The predicted molar refractivity (Wildman–Crippen MR) is 94.1 cm³/mol. The Bertz CT molecular complexity index is 883. The lowest BCUT2D eigenvalue weighted by Crippen LogP contribution is -2.17. The Morgan fingerprint density at radius 3 is 2.84 bits per heavy atom. The Balaban J connectivity index is 1.68. The van der Waals surface area contributed by atoms with Crippen molar-refractivity contribution in [3.05, 3.63) is 64.1 Å². The number of carbonyl (C=O) groups excluding carboxylic acids is 1. The van der Waals surface area contributed by atoms with E-state index in [0.29, 0.717) is 24.3 Å². The molecule has 1 amide bonds. The van der Waals surface area contributed by atoms with Crippen molar-refractivity contribution in [2.75, 3.05) is 12.4 Å². The Morgan fingerprint density at radius 1 is 1.44 bits per heavy atom. The molecule has 1 atom stereocenters. The number of carbonyl (C=O) groups is 1. The number of anilines is 1. The first-order valence-corrected chi connectivity index (χ1v) is 8.37. The minimum absolute atomic E-state index is 0.217. The van der Waals surface area contributed by atoms with Crippen molar-refractivity contribution in [1.82, 2.24) is 8.94 Å². The lowest BCUT2D eigenvalue weighted by Gasteiger charge is -2.08. The molecule has 8 heteroatoms. The van der Waals surface area contributed by atoms with Gasteiger partial charge in [0, 0.05) is 12.0 Å². The lowest BCUT2D eigenvalue weighted by molar-refractivity contribution is 0.102. The second-order valence-electron chi connectivity index (χ2n) is 5.40. The zero-order valence-electron chi connectivity index (χ0n) is 13.4. The predicted octanol–water partition coefficient (Wildman–Crippen LogP) is 2.79. The highest BCUT2D eigenvalue weighted by atomic mass is 32.1. The number of hydrogen-bond acceptors (Lipinski definition) is 5. The molecular weight excluding hydrogens is 345 g/mol. The molecule has 0 saturated carbocycles. The summed E-state index contributed by atoms with van der Waals surface area (Å²) in [6.45, 7) is 0.304. The standard InChI is InChI=1S/C17H16FN3O3S/c1-24-14-8-4-12(5-9-14)15(22)19-16-20-17(23)21(25-16)10-11-2-6-13(18)7-3-11/h2-6,8-9,13H,7,10H2,1H3,(H,19,20,22,23). The van der Waals surface area contributed by atoms with Crippen LogP contribution in [0.4, 0.5) is 9.52 Å². The Kier molecular flexibility index (Phi) is 5.08. The Labute approximate surface area is 147 Å². The van der Waals surface area contributed by atoms with Gasteiger partial charge in [-0.15, -0.1) is 0 Å². The number of allylic oxidation sites excluding steroid dienone is 4. The third-order valence-corrected chi connectivity index (χ3v) is 4.50. The largest absolute Gasteiger partial charge is 0.497 e. The highest BCUT2D eigenvalue weighted by molar-refractivity contribution is 7.10. The molecule has 6 nitrogen and oxygen atoms in total. The molecule has 1 aromatic carbocycles. The van der Waals surface area contributed by atoms with E-state index in [2.05, 4.69) is 10.3 Å². The van der Waals surface area contributed by atoms with Crippen LogP contribution in [-0.4, -0.2) is 28.1 Å². The number of methoxy groups -OCH3 is 1. The molecule has 2 aromatic rings. The summed E-state index contributed by atoms with van der Waals surface area (Å²) in [5.74, 6) is 0.287. The summed E-state index contributed by atoms with van der Waals surface area (Å²) in [4.78, 5) is 28.0. The van der Waals surface area contributed by atoms with Crippen LogP contribution in [0.25, 0.3) is 0 Å². The van der Waals surface area contributed by atoms with Crippen molar-refractivity contribution in [1.29, 1.82) is 0 Å². The van der Waals surface area contributed by atoms with Crippen molar-refractivity contribution in [3.8, 4) is 5.75 Å². The topological polar surface area (TPSA) is 73.2 Å². The summed E-state index contributed by atoms with van der Waals surface area (Å²) in [6, 6.07) is 6.60. The third kappa shape index (κ3) is 4.21. The molecule has 1 aliphatic carbocycles. The highest BCUT2D eigenvalue weighted by Gasteiger charge is 2.13. The van der Waals surface area contributed by atoms with Crippen LogP contribution < -0.4 is 15.7 Å². The number of nitrogens with one attached hydrogen (secondary N) is 1. The second-order valence-corrected chi connectivity index (χ2v) is 6.41. The van der Waals surface area contributed by atoms with Crippen molar-refractivity contribution in [2.45, 2.75) is 19.1 Å². The van der Waals surface area contributed by atoms with Gasteiger partial charge in [-0.2, -0.15) is 4.98 Å². The monoisotopic (exact) mass is 361 g/mol. The van der Waals surface area contributed by atoms with Crippen LogP contribution in [0.2, 0.25) is 0 Å². The maximum Gasteiger partial charge on any atom is 0.360 e. The van der Waals surface area contributed by atoms with Crippen LogP contribution >= 0.6 is 11.5 Å². The normalized spacial score (nSPS) is 16.4. The molecule has 1 unspecified atom stereocenters. The summed E-state index contributed by atoms with van der Waals surface area (Å²) >= 11 is 1.05. The minimum atomic E-state index is -0.971. The third-order valence-electron chi connectivity index (χ3n) is 3.63. The van der Waals surface area contributed by atoms with Gasteiger partial charge >= 0.3 is 5.69 Å². The van der Waals surface area contributed by atoms with Gasteiger partial charge in [0.25, 0.3) is 5.91 Å². The van der Waals surface area contributed by atoms with Gasteiger partial charge in [0.1, 0.15) is 11.9 Å². The van der Waals surface area contributed by atoms with Crippen molar-refractivity contribution in [3.63, 3.8) is 0 Å². The smallest absolute Gasteiger partial charge is 0.360 e. The molecule has 0 fully saturated rings. The number of hydrogen-bond donors (Lipinski definition) is 1. The quantitative estimate of drug-likeness (QED) is 0.889. The van der Waals surface area contributed by atoms with Gasteiger partial charge < -0.3 is 4.74 Å². The number of halogens is 1. The van der Waals surface area contributed by atoms with E-state index in [-0.39, 0.29) is 11.0 Å². The average Bonchev–Trinajstić information content (AvgIpc) is 2.96. The molecule has 0 radical (unpaired) electrons. The maximum atomic E-state index is 13.1. The first-order valence-electron chi connectivity index (χ1n) is 7.60. The second kappa shape index (κ2) is 7.43. The summed E-state index contributed by atoms with van der Waals surface area (Å²) in [6.07, 6.45) is 4.22. The first-order chi connectivity index (χ1) is 12.0. The van der Waals surface area contributed by atoms with E-state index in [4.69, 9.17) is 4.74 Å². The number of rotatable bonds is 5. The minimum Gasteiger partial charge on any atom is -0.497 e. The fraction of sp³-hybridized carbons (Fsp3) is 0.235. The molecule has 0 spiro atoms. The van der Waals surface area contributed by atoms with Gasteiger partial charge in [0.05, 0.1) is 13.7 Å². The van der Waals surface area contributed by atoms with E-state index in [0.717, 1.165) is 17.1 Å². The Morgan fingerprint density at radius 2 is 2.20 bits per heavy atom. The zero-order chi connectivity index (χ0) is 17.8. The lowest BCUT2D eigenvalue weighted by atomic mass is 10.1. The molecular formula is C17H16FN3O3S. The molecule has 0 saturated heterocycles. The fourth-order valence-corrected chi connectivity index (χ4v) is 3.09.